The molecule has 2 N–H and O–H groups in total. The van der Waals surface area contributed by atoms with E-state index in [2.05, 4.69) is 26.8 Å². The fourth-order valence-electron chi connectivity index (χ4n) is 2.05. The van der Waals surface area contributed by atoms with Gasteiger partial charge in [-0.2, -0.15) is 0 Å². The summed E-state index contributed by atoms with van der Waals surface area (Å²) in [7, 11) is 1.50. The van der Waals surface area contributed by atoms with Gasteiger partial charge in [0.25, 0.3) is 11.8 Å². The van der Waals surface area contributed by atoms with E-state index in [1.807, 2.05) is 19.9 Å². The SMILES string of the molecule is COc1cc(C(=O)NNC(=O)c2cccc(Br)c2)ccc1OC(C)C. The van der Waals surface area contributed by atoms with E-state index < -0.39 is 11.8 Å². The molecule has 6 nitrogen and oxygen atoms in total. The summed E-state index contributed by atoms with van der Waals surface area (Å²) < 4.78 is 11.6. The smallest absolute Gasteiger partial charge is 0.269 e. The Morgan fingerprint density at radius 3 is 2.16 bits per heavy atom. The molecule has 0 saturated carbocycles. The molecule has 0 aromatic heterocycles. The molecule has 0 unspecified atom stereocenters. The number of amides is 2. The third kappa shape index (κ3) is 5.22. The maximum Gasteiger partial charge on any atom is 0.269 e. The molecule has 0 aliphatic heterocycles. The van der Waals surface area contributed by atoms with Gasteiger partial charge in [0.05, 0.1) is 13.2 Å². The van der Waals surface area contributed by atoms with E-state index in [-0.39, 0.29) is 6.10 Å². The average molecular weight is 407 g/mol. The van der Waals surface area contributed by atoms with Gasteiger partial charge in [-0.1, -0.05) is 22.0 Å². The highest BCUT2D eigenvalue weighted by atomic mass is 79.9. The first kappa shape index (κ1) is 18.8. The van der Waals surface area contributed by atoms with Crippen LogP contribution < -0.4 is 20.3 Å². The zero-order chi connectivity index (χ0) is 18.4. The molecule has 0 heterocycles. The van der Waals surface area contributed by atoms with Gasteiger partial charge in [-0.3, -0.25) is 20.4 Å². The Bertz CT molecular complexity index is 777. The number of rotatable bonds is 5. The molecule has 0 aliphatic carbocycles. The van der Waals surface area contributed by atoms with Gasteiger partial charge in [0.2, 0.25) is 0 Å². The second kappa shape index (κ2) is 8.53. The van der Waals surface area contributed by atoms with Crippen LogP contribution in [0.15, 0.2) is 46.9 Å². The highest BCUT2D eigenvalue weighted by molar-refractivity contribution is 9.10. The summed E-state index contributed by atoms with van der Waals surface area (Å²) in [5.74, 6) is 0.117. The lowest BCUT2D eigenvalue weighted by molar-refractivity contribution is 0.0846. The zero-order valence-corrected chi connectivity index (χ0v) is 15.7. The number of benzene rings is 2. The van der Waals surface area contributed by atoms with Crippen LogP contribution in [-0.4, -0.2) is 25.0 Å². The van der Waals surface area contributed by atoms with Crippen molar-refractivity contribution in [3.63, 3.8) is 0 Å². The van der Waals surface area contributed by atoms with Gasteiger partial charge in [-0.25, -0.2) is 0 Å². The van der Waals surface area contributed by atoms with Crippen LogP contribution in [0.3, 0.4) is 0 Å². The minimum absolute atomic E-state index is 0.0157. The summed E-state index contributed by atoms with van der Waals surface area (Å²) in [6.07, 6.45) is -0.0157. The third-order valence-corrected chi connectivity index (χ3v) is 3.66. The van der Waals surface area contributed by atoms with Crippen LogP contribution in [0, 0.1) is 0 Å². The number of halogens is 1. The summed E-state index contributed by atoms with van der Waals surface area (Å²) in [5.41, 5.74) is 5.52. The summed E-state index contributed by atoms with van der Waals surface area (Å²) >= 11 is 3.29. The van der Waals surface area contributed by atoms with Crippen LogP contribution in [-0.2, 0) is 0 Å². The maximum absolute atomic E-state index is 12.2. The summed E-state index contributed by atoms with van der Waals surface area (Å²) in [6, 6.07) is 11.7. The normalized spacial score (nSPS) is 10.3. The van der Waals surface area contributed by atoms with Crippen molar-refractivity contribution in [1.82, 2.24) is 10.9 Å². The minimum atomic E-state index is -0.460. The third-order valence-electron chi connectivity index (χ3n) is 3.16. The molecule has 0 radical (unpaired) electrons. The van der Waals surface area contributed by atoms with Gasteiger partial charge in [-0.15, -0.1) is 0 Å². The van der Waals surface area contributed by atoms with Crippen molar-refractivity contribution >= 4 is 27.7 Å². The highest BCUT2D eigenvalue weighted by Crippen LogP contribution is 2.28. The predicted octanol–water partition coefficient (Wildman–Crippen LogP) is 3.32. The molecule has 132 valence electrons. The Balaban J connectivity index is 2.04. The topological polar surface area (TPSA) is 76.7 Å². The van der Waals surface area contributed by atoms with Crippen molar-refractivity contribution in [1.29, 1.82) is 0 Å². The molecule has 0 spiro atoms. The number of ether oxygens (including phenoxy) is 2. The van der Waals surface area contributed by atoms with E-state index in [0.717, 1.165) is 4.47 Å². The van der Waals surface area contributed by atoms with E-state index in [4.69, 9.17) is 9.47 Å². The Hall–Kier alpha value is -2.54. The van der Waals surface area contributed by atoms with Crippen molar-refractivity contribution in [3.05, 3.63) is 58.1 Å². The van der Waals surface area contributed by atoms with Gasteiger partial charge >= 0.3 is 0 Å². The van der Waals surface area contributed by atoms with Crippen LogP contribution in [0.5, 0.6) is 11.5 Å². The minimum Gasteiger partial charge on any atom is -0.493 e. The number of methoxy groups -OCH3 is 1. The largest absolute Gasteiger partial charge is 0.493 e. The fraction of sp³-hybridized carbons (Fsp3) is 0.222. The molecule has 0 saturated heterocycles. The lowest BCUT2D eigenvalue weighted by atomic mass is 10.2. The molecule has 2 amide bonds. The molecular weight excluding hydrogens is 388 g/mol. The fourth-order valence-corrected chi connectivity index (χ4v) is 2.45. The van der Waals surface area contributed by atoms with Crippen LogP contribution in [0.1, 0.15) is 34.6 Å². The standard InChI is InChI=1S/C18H19BrN2O4/c1-11(2)25-15-8-7-13(10-16(15)24-3)18(23)21-20-17(22)12-5-4-6-14(19)9-12/h4-11H,1-3H3,(H,20,22)(H,21,23). The lowest BCUT2D eigenvalue weighted by Crippen LogP contribution is -2.41. The molecular formula is C18H19BrN2O4. The van der Waals surface area contributed by atoms with Gasteiger partial charge in [0.1, 0.15) is 0 Å². The molecule has 0 aliphatic rings. The Labute approximate surface area is 154 Å². The monoisotopic (exact) mass is 406 g/mol. The van der Waals surface area contributed by atoms with E-state index in [9.17, 15) is 9.59 Å². The molecule has 25 heavy (non-hydrogen) atoms. The zero-order valence-electron chi connectivity index (χ0n) is 14.1. The van der Waals surface area contributed by atoms with E-state index in [0.29, 0.717) is 22.6 Å². The second-order valence-electron chi connectivity index (χ2n) is 5.45. The summed E-state index contributed by atoms with van der Waals surface area (Å²) in [5, 5.41) is 0. The Morgan fingerprint density at radius 1 is 0.960 bits per heavy atom. The van der Waals surface area contributed by atoms with Crippen LogP contribution in [0.2, 0.25) is 0 Å². The molecule has 0 fully saturated rings. The number of carbonyl (C=O) groups is 2. The lowest BCUT2D eigenvalue weighted by Gasteiger charge is -2.14. The molecule has 2 rings (SSSR count). The molecule has 0 bridgehead atoms. The van der Waals surface area contributed by atoms with Crippen molar-refractivity contribution < 1.29 is 19.1 Å². The number of hydrogen-bond donors (Lipinski definition) is 2. The average Bonchev–Trinajstić information content (AvgIpc) is 2.59. The van der Waals surface area contributed by atoms with Crippen molar-refractivity contribution in [3.8, 4) is 11.5 Å². The van der Waals surface area contributed by atoms with E-state index in [1.54, 1.807) is 36.4 Å². The van der Waals surface area contributed by atoms with E-state index >= 15 is 0 Å². The van der Waals surface area contributed by atoms with Crippen molar-refractivity contribution in [2.45, 2.75) is 20.0 Å². The van der Waals surface area contributed by atoms with E-state index in [1.165, 1.54) is 7.11 Å². The first-order chi connectivity index (χ1) is 11.9. The molecule has 2 aromatic rings. The first-order valence-corrected chi connectivity index (χ1v) is 8.41. The Morgan fingerprint density at radius 2 is 1.60 bits per heavy atom. The quantitative estimate of drug-likeness (QED) is 0.746. The molecule has 2 aromatic carbocycles. The summed E-state index contributed by atoms with van der Waals surface area (Å²) in [4.78, 5) is 24.3. The highest BCUT2D eigenvalue weighted by Gasteiger charge is 2.13. The van der Waals surface area contributed by atoms with Gasteiger partial charge in [0.15, 0.2) is 11.5 Å². The van der Waals surface area contributed by atoms with Crippen LogP contribution in [0.25, 0.3) is 0 Å². The van der Waals surface area contributed by atoms with Crippen molar-refractivity contribution in [2.75, 3.05) is 7.11 Å². The number of hydrogen-bond acceptors (Lipinski definition) is 4. The van der Waals surface area contributed by atoms with Gasteiger partial charge < -0.3 is 9.47 Å². The number of nitrogens with one attached hydrogen (secondary N) is 2. The predicted molar refractivity (Wildman–Crippen MR) is 97.8 cm³/mol. The summed E-state index contributed by atoms with van der Waals surface area (Å²) in [6.45, 7) is 3.80. The number of carbonyl (C=O) groups excluding carboxylic acids is 2. The Kier molecular flexibility index (Phi) is 6.41. The van der Waals surface area contributed by atoms with Crippen molar-refractivity contribution in [2.24, 2.45) is 0 Å². The number of hydrazine groups is 1. The molecule has 7 heteroatoms. The molecule has 0 atom stereocenters. The van der Waals surface area contributed by atoms with Crippen LogP contribution >= 0.6 is 15.9 Å². The van der Waals surface area contributed by atoms with Gasteiger partial charge in [-0.05, 0) is 50.2 Å². The maximum atomic E-state index is 12.2. The van der Waals surface area contributed by atoms with Gasteiger partial charge in [0, 0.05) is 15.6 Å². The van der Waals surface area contributed by atoms with Crippen LogP contribution in [0.4, 0.5) is 0 Å². The first-order valence-electron chi connectivity index (χ1n) is 7.61. The second-order valence-corrected chi connectivity index (χ2v) is 6.37.